The van der Waals surface area contributed by atoms with Crippen molar-refractivity contribution in [3.63, 3.8) is 0 Å². The van der Waals surface area contributed by atoms with E-state index in [1.165, 1.54) is 0 Å². The summed E-state index contributed by atoms with van der Waals surface area (Å²) < 4.78 is 10.9. The normalized spacial score (nSPS) is 11.3. The van der Waals surface area contributed by atoms with E-state index in [2.05, 4.69) is 24.1 Å². The molecule has 2 aromatic heterocycles. The van der Waals surface area contributed by atoms with Gasteiger partial charge in [-0.3, -0.25) is 0 Å². The minimum Gasteiger partial charge on any atom is -0.464 e. The van der Waals surface area contributed by atoms with Gasteiger partial charge in [-0.25, -0.2) is 4.98 Å². The molecule has 0 aliphatic rings. The number of rotatable bonds is 7. The van der Waals surface area contributed by atoms with E-state index in [9.17, 15) is 0 Å². The number of furan rings is 1. The van der Waals surface area contributed by atoms with Gasteiger partial charge in [-0.1, -0.05) is 13.8 Å². The second-order valence-corrected chi connectivity index (χ2v) is 4.71. The van der Waals surface area contributed by atoms with Crippen molar-refractivity contribution < 1.29 is 9.15 Å². The van der Waals surface area contributed by atoms with Crippen molar-refractivity contribution in [2.45, 2.75) is 20.3 Å². The van der Waals surface area contributed by atoms with E-state index in [4.69, 9.17) is 9.15 Å². The Kier molecular flexibility index (Phi) is 4.59. The van der Waals surface area contributed by atoms with E-state index in [1.807, 2.05) is 12.1 Å². The minimum absolute atomic E-state index is 0.694. The van der Waals surface area contributed by atoms with Crippen LogP contribution in [0.15, 0.2) is 29.0 Å². The number of hydrogen-bond acceptors (Lipinski definition) is 4. The van der Waals surface area contributed by atoms with Crippen LogP contribution in [0.1, 0.15) is 20.3 Å². The van der Waals surface area contributed by atoms with Crippen molar-refractivity contribution in [3.05, 3.63) is 24.6 Å². The van der Waals surface area contributed by atoms with Crippen molar-refractivity contribution in [2.24, 2.45) is 5.92 Å². The van der Waals surface area contributed by atoms with Gasteiger partial charge in [-0.2, -0.15) is 0 Å². The number of aromatic nitrogens is 1. The van der Waals surface area contributed by atoms with Crippen molar-refractivity contribution in [3.8, 4) is 0 Å². The van der Waals surface area contributed by atoms with Gasteiger partial charge in [0.05, 0.1) is 18.3 Å². The molecule has 0 amide bonds. The number of nitrogens with zero attached hydrogens (tertiary/aromatic N) is 1. The summed E-state index contributed by atoms with van der Waals surface area (Å²) in [5, 5.41) is 4.28. The molecule has 0 bridgehead atoms. The molecular weight excluding hydrogens is 228 g/mol. The maximum Gasteiger partial charge on any atom is 0.139 e. The van der Waals surface area contributed by atoms with Crippen molar-refractivity contribution >= 4 is 16.8 Å². The molecule has 0 radical (unpaired) electrons. The lowest BCUT2D eigenvalue weighted by Gasteiger charge is -2.08. The largest absolute Gasteiger partial charge is 0.464 e. The number of pyridine rings is 1. The highest BCUT2D eigenvalue weighted by Crippen LogP contribution is 2.21. The van der Waals surface area contributed by atoms with Crippen LogP contribution in [0, 0.1) is 5.92 Å². The Morgan fingerprint density at radius 1 is 1.33 bits per heavy atom. The number of nitrogens with one attached hydrogen (secondary N) is 1. The lowest BCUT2D eigenvalue weighted by Crippen LogP contribution is -2.11. The van der Waals surface area contributed by atoms with Gasteiger partial charge in [0.15, 0.2) is 0 Å². The van der Waals surface area contributed by atoms with Crippen LogP contribution in [-0.4, -0.2) is 24.7 Å². The van der Waals surface area contributed by atoms with E-state index in [0.717, 1.165) is 36.4 Å². The third-order valence-corrected chi connectivity index (χ3v) is 2.76. The second kappa shape index (κ2) is 6.40. The van der Waals surface area contributed by atoms with Crippen LogP contribution in [0.2, 0.25) is 0 Å². The fourth-order valence-electron chi connectivity index (χ4n) is 1.70. The van der Waals surface area contributed by atoms with Gasteiger partial charge >= 0.3 is 0 Å². The highest BCUT2D eigenvalue weighted by atomic mass is 16.5. The van der Waals surface area contributed by atoms with Gasteiger partial charge in [0.2, 0.25) is 0 Å². The quantitative estimate of drug-likeness (QED) is 0.764. The first kappa shape index (κ1) is 12.9. The van der Waals surface area contributed by atoms with Crippen LogP contribution < -0.4 is 5.32 Å². The van der Waals surface area contributed by atoms with Crippen LogP contribution in [0.25, 0.3) is 11.0 Å². The van der Waals surface area contributed by atoms with E-state index in [-0.39, 0.29) is 0 Å². The maximum absolute atomic E-state index is 5.55. The first-order chi connectivity index (χ1) is 8.77. The Balaban J connectivity index is 1.75. The van der Waals surface area contributed by atoms with Crippen molar-refractivity contribution in [1.82, 2.24) is 4.98 Å². The minimum atomic E-state index is 0.694. The summed E-state index contributed by atoms with van der Waals surface area (Å²) in [6.07, 6.45) is 4.53. The Bertz CT molecular complexity index is 479. The van der Waals surface area contributed by atoms with Gasteiger partial charge in [0.1, 0.15) is 11.4 Å². The van der Waals surface area contributed by atoms with Crippen LogP contribution in [0.3, 0.4) is 0 Å². The maximum atomic E-state index is 5.55. The summed E-state index contributed by atoms with van der Waals surface area (Å²) in [5.74, 6) is 1.55. The molecule has 0 aliphatic carbocycles. The average Bonchev–Trinajstić information content (AvgIpc) is 2.82. The van der Waals surface area contributed by atoms with E-state index in [0.29, 0.717) is 12.5 Å². The molecule has 1 N–H and O–H groups in total. The zero-order chi connectivity index (χ0) is 12.8. The summed E-state index contributed by atoms with van der Waals surface area (Å²) in [4.78, 5) is 4.30. The molecule has 4 nitrogen and oxygen atoms in total. The lowest BCUT2D eigenvalue weighted by molar-refractivity contribution is 0.132. The van der Waals surface area contributed by atoms with Crippen LogP contribution in [0.4, 0.5) is 5.82 Å². The van der Waals surface area contributed by atoms with Gasteiger partial charge < -0.3 is 14.5 Å². The SMILES string of the molecule is CC(C)CCOCCNc1nccc2occc12. The van der Waals surface area contributed by atoms with Gasteiger partial charge in [0.25, 0.3) is 0 Å². The molecule has 0 fully saturated rings. The molecule has 0 aliphatic heterocycles. The smallest absolute Gasteiger partial charge is 0.139 e. The lowest BCUT2D eigenvalue weighted by atomic mass is 10.1. The number of ether oxygens (including phenoxy) is 1. The Hall–Kier alpha value is -1.55. The summed E-state index contributed by atoms with van der Waals surface area (Å²) in [5.41, 5.74) is 0.855. The highest BCUT2D eigenvalue weighted by Gasteiger charge is 2.03. The third kappa shape index (κ3) is 3.47. The molecule has 0 aromatic carbocycles. The molecule has 0 spiro atoms. The Morgan fingerprint density at radius 2 is 2.22 bits per heavy atom. The zero-order valence-electron chi connectivity index (χ0n) is 11.0. The molecule has 2 heterocycles. The average molecular weight is 248 g/mol. The van der Waals surface area contributed by atoms with Crippen LogP contribution >= 0.6 is 0 Å². The number of anilines is 1. The van der Waals surface area contributed by atoms with Crippen LogP contribution in [-0.2, 0) is 4.74 Å². The van der Waals surface area contributed by atoms with Crippen LogP contribution in [0.5, 0.6) is 0 Å². The summed E-state index contributed by atoms with van der Waals surface area (Å²) in [7, 11) is 0. The predicted octanol–water partition coefficient (Wildman–Crippen LogP) is 3.30. The fourth-order valence-corrected chi connectivity index (χ4v) is 1.70. The second-order valence-electron chi connectivity index (χ2n) is 4.71. The topological polar surface area (TPSA) is 47.3 Å². The summed E-state index contributed by atoms with van der Waals surface area (Å²) in [6, 6.07) is 3.78. The van der Waals surface area contributed by atoms with Crippen molar-refractivity contribution in [2.75, 3.05) is 25.1 Å². The molecule has 2 aromatic rings. The fraction of sp³-hybridized carbons (Fsp3) is 0.500. The molecule has 0 unspecified atom stereocenters. The van der Waals surface area contributed by atoms with Gasteiger partial charge in [-0.15, -0.1) is 0 Å². The number of hydrogen-bond donors (Lipinski definition) is 1. The Labute approximate surface area is 107 Å². The molecular formula is C14H20N2O2. The molecule has 4 heteroatoms. The van der Waals surface area contributed by atoms with E-state index >= 15 is 0 Å². The molecule has 18 heavy (non-hydrogen) atoms. The van der Waals surface area contributed by atoms with Gasteiger partial charge in [0, 0.05) is 19.3 Å². The number of fused-ring (bicyclic) bond motifs is 1. The monoisotopic (exact) mass is 248 g/mol. The molecule has 0 saturated heterocycles. The molecule has 2 rings (SSSR count). The molecule has 0 saturated carbocycles. The first-order valence-corrected chi connectivity index (χ1v) is 6.41. The first-order valence-electron chi connectivity index (χ1n) is 6.41. The Morgan fingerprint density at radius 3 is 3.06 bits per heavy atom. The van der Waals surface area contributed by atoms with E-state index in [1.54, 1.807) is 12.5 Å². The third-order valence-electron chi connectivity index (χ3n) is 2.76. The van der Waals surface area contributed by atoms with Crippen molar-refractivity contribution in [1.29, 1.82) is 0 Å². The summed E-state index contributed by atoms with van der Waals surface area (Å²) >= 11 is 0. The predicted molar refractivity (Wildman–Crippen MR) is 72.8 cm³/mol. The molecule has 0 atom stereocenters. The highest BCUT2D eigenvalue weighted by molar-refractivity contribution is 5.87. The molecule has 98 valence electrons. The zero-order valence-corrected chi connectivity index (χ0v) is 11.0. The van der Waals surface area contributed by atoms with Gasteiger partial charge in [-0.05, 0) is 24.5 Å². The standard InChI is InChI=1S/C14H20N2O2/c1-11(2)4-8-17-10-7-16-14-12-5-9-18-13(12)3-6-15-14/h3,5-6,9,11H,4,7-8,10H2,1-2H3,(H,15,16). The summed E-state index contributed by atoms with van der Waals surface area (Å²) in [6.45, 7) is 6.68. The van der Waals surface area contributed by atoms with E-state index < -0.39 is 0 Å².